The predicted molar refractivity (Wildman–Crippen MR) is 75.3 cm³/mol. The zero-order chi connectivity index (χ0) is 12.0. The van der Waals surface area contributed by atoms with Gasteiger partial charge in [-0.25, -0.2) is 0 Å². The first-order chi connectivity index (χ1) is 7.69. The molecule has 0 saturated heterocycles. The maximum Gasteiger partial charge on any atom is 0.0256 e. The Morgan fingerprint density at radius 1 is 1.62 bits per heavy atom. The maximum absolute atomic E-state index is 4.45. The third kappa shape index (κ3) is 3.60. The van der Waals surface area contributed by atoms with E-state index in [2.05, 4.69) is 49.4 Å². The first-order valence-corrected chi connectivity index (χ1v) is 6.29. The molecular formula is C14H21NS. The van der Waals surface area contributed by atoms with Crippen molar-refractivity contribution in [3.05, 3.63) is 47.2 Å². The molecule has 0 atom stereocenters. The Kier molecular flexibility index (Phi) is 5.47. The van der Waals surface area contributed by atoms with E-state index in [1.807, 2.05) is 13.0 Å². The highest BCUT2D eigenvalue weighted by Gasteiger charge is 2.07. The largest absolute Gasteiger partial charge is 0.352 e. The van der Waals surface area contributed by atoms with Crippen molar-refractivity contribution in [3.8, 4) is 0 Å². The van der Waals surface area contributed by atoms with Gasteiger partial charge in [0.05, 0.1) is 0 Å². The maximum atomic E-state index is 4.45. The molecule has 0 unspecified atom stereocenters. The lowest BCUT2D eigenvalue weighted by Gasteiger charge is -2.16. The highest BCUT2D eigenvalue weighted by atomic mass is 32.1. The number of hydrogen-bond acceptors (Lipinski definition) is 2. The molecule has 0 N–H and O–H groups in total. The molecule has 0 aromatic carbocycles. The van der Waals surface area contributed by atoms with E-state index in [1.54, 1.807) is 0 Å². The SMILES string of the molecule is C=C1CC=CN1CC/C=C(CC)\C(S)=C/C. The molecule has 0 spiro atoms. The van der Waals surface area contributed by atoms with Gasteiger partial charge in [-0.1, -0.05) is 31.7 Å². The van der Waals surface area contributed by atoms with Crippen molar-refractivity contribution in [2.45, 2.75) is 33.1 Å². The summed E-state index contributed by atoms with van der Waals surface area (Å²) in [5.74, 6) is 0. The molecule has 2 heteroatoms. The number of hydrogen-bond donors (Lipinski definition) is 1. The van der Waals surface area contributed by atoms with Crippen molar-refractivity contribution in [2.24, 2.45) is 0 Å². The number of allylic oxidation sites excluding steroid dienone is 3. The van der Waals surface area contributed by atoms with Crippen LogP contribution in [0.2, 0.25) is 0 Å². The van der Waals surface area contributed by atoms with Gasteiger partial charge in [-0.2, -0.15) is 0 Å². The fraction of sp³-hybridized carbons (Fsp3) is 0.429. The summed E-state index contributed by atoms with van der Waals surface area (Å²) in [6.45, 7) is 9.23. The quantitative estimate of drug-likeness (QED) is 0.550. The van der Waals surface area contributed by atoms with E-state index in [-0.39, 0.29) is 0 Å². The Hall–Kier alpha value is -0.890. The average Bonchev–Trinajstić information content (AvgIpc) is 2.69. The van der Waals surface area contributed by atoms with E-state index in [0.29, 0.717) is 0 Å². The summed E-state index contributed by atoms with van der Waals surface area (Å²) in [6.07, 6.45) is 11.7. The van der Waals surface area contributed by atoms with Crippen molar-refractivity contribution < 1.29 is 0 Å². The Balaban J connectivity index is 2.46. The third-order valence-electron chi connectivity index (χ3n) is 2.79. The minimum atomic E-state index is 0.997. The fourth-order valence-corrected chi connectivity index (χ4v) is 2.01. The van der Waals surface area contributed by atoms with Crippen LogP contribution in [0, 0.1) is 0 Å². The molecule has 16 heavy (non-hydrogen) atoms. The van der Waals surface area contributed by atoms with Crippen LogP contribution in [0.15, 0.2) is 47.2 Å². The first-order valence-electron chi connectivity index (χ1n) is 5.84. The van der Waals surface area contributed by atoms with Crippen molar-refractivity contribution in [2.75, 3.05) is 6.54 Å². The van der Waals surface area contributed by atoms with Gasteiger partial charge >= 0.3 is 0 Å². The summed E-state index contributed by atoms with van der Waals surface area (Å²) in [5, 5.41) is 0. The molecule has 1 nitrogen and oxygen atoms in total. The summed E-state index contributed by atoms with van der Waals surface area (Å²) in [7, 11) is 0. The summed E-state index contributed by atoms with van der Waals surface area (Å²) >= 11 is 4.45. The van der Waals surface area contributed by atoms with E-state index in [1.165, 1.54) is 11.3 Å². The van der Waals surface area contributed by atoms with Crippen LogP contribution < -0.4 is 0 Å². The van der Waals surface area contributed by atoms with Crippen molar-refractivity contribution >= 4 is 12.6 Å². The second-order valence-electron chi connectivity index (χ2n) is 3.89. The highest BCUT2D eigenvalue weighted by molar-refractivity contribution is 7.84. The molecule has 0 aromatic rings. The van der Waals surface area contributed by atoms with Gasteiger partial charge in [-0.3, -0.25) is 0 Å². The van der Waals surface area contributed by atoms with Gasteiger partial charge in [-0.05, 0) is 25.3 Å². The highest BCUT2D eigenvalue weighted by Crippen LogP contribution is 2.20. The van der Waals surface area contributed by atoms with E-state index < -0.39 is 0 Å². The Bertz CT molecular complexity index is 337. The fourth-order valence-electron chi connectivity index (χ4n) is 1.76. The van der Waals surface area contributed by atoms with E-state index in [0.717, 1.165) is 30.7 Å². The minimum Gasteiger partial charge on any atom is -0.352 e. The predicted octanol–water partition coefficient (Wildman–Crippen LogP) is 4.28. The van der Waals surface area contributed by atoms with Crippen LogP contribution in [0.5, 0.6) is 0 Å². The zero-order valence-electron chi connectivity index (χ0n) is 10.2. The average molecular weight is 235 g/mol. The smallest absolute Gasteiger partial charge is 0.0256 e. The van der Waals surface area contributed by atoms with E-state index in [9.17, 15) is 0 Å². The van der Waals surface area contributed by atoms with Crippen LogP contribution in [0.25, 0.3) is 0 Å². The molecule has 1 aliphatic heterocycles. The Labute approximate surface area is 105 Å². The molecule has 0 radical (unpaired) electrons. The summed E-state index contributed by atoms with van der Waals surface area (Å²) in [5.41, 5.74) is 2.53. The van der Waals surface area contributed by atoms with Gasteiger partial charge in [0.25, 0.3) is 0 Å². The van der Waals surface area contributed by atoms with Crippen LogP contribution in [0.1, 0.15) is 33.1 Å². The molecule has 0 fully saturated rings. The van der Waals surface area contributed by atoms with Gasteiger partial charge in [0.1, 0.15) is 0 Å². The zero-order valence-corrected chi connectivity index (χ0v) is 11.1. The van der Waals surface area contributed by atoms with Crippen LogP contribution in [0.4, 0.5) is 0 Å². The molecule has 0 saturated carbocycles. The molecule has 1 rings (SSSR count). The van der Waals surface area contributed by atoms with Gasteiger partial charge in [0.2, 0.25) is 0 Å². The standard InChI is InChI=1S/C14H21NS/c1-4-13(14(16)5-2)9-7-11-15-10-6-8-12(15)3/h5-6,9-10,16H,3-4,7-8,11H2,1-2H3/b13-9-,14-5+. The lowest BCUT2D eigenvalue weighted by molar-refractivity contribution is 0.486. The second kappa shape index (κ2) is 6.64. The normalized spacial score (nSPS) is 17.4. The van der Waals surface area contributed by atoms with Crippen molar-refractivity contribution in [3.63, 3.8) is 0 Å². The molecule has 88 valence electrons. The molecule has 0 amide bonds. The lowest BCUT2D eigenvalue weighted by atomic mass is 10.1. The van der Waals surface area contributed by atoms with Gasteiger partial charge in [-0.15, -0.1) is 12.6 Å². The number of rotatable bonds is 5. The monoisotopic (exact) mass is 235 g/mol. The molecule has 0 bridgehead atoms. The summed E-state index contributed by atoms with van der Waals surface area (Å²) in [6, 6.07) is 0. The van der Waals surface area contributed by atoms with Crippen LogP contribution in [-0.4, -0.2) is 11.4 Å². The Morgan fingerprint density at radius 2 is 2.38 bits per heavy atom. The number of thiol groups is 1. The molecule has 0 aliphatic carbocycles. The minimum absolute atomic E-state index is 0.997. The lowest BCUT2D eigenvalue weighted by Crippen LogP contribution is -2.12. The van der Waals surface area contributed by atoms with Crippen molar-refractivity contribution in [1.82, 2.24) is 4.90 Å². The molecule has 1 heterocycles. The second-order valence-corrected chi connectivity index (χ2v) is 4.38. The third-order valence-corrected chi connectivity index (χ3v) is 3.33. The molecule has 1 aliphatic rings. The first kappa shape index (κ1) is 13.2. The number of nitrogens with zero attached hydrogens (tertiary/aromatic N) is 1. The van der Waals surface area contributed by atoms with Crippen LogP contribution in [-0.2, 0) is 0 Å². The molecular weight excluding hydrogens is 214 g/mol. The van der Waals surface area contributed by atoms with E-state index in [4.69, 9.17) is 0 Å². The van der Waals surface area contributed by atoms with Crippen LogP contribution >= 0.6 is 12.6 Å². The van der Waals surface area contributed by atoms with Gasteiger partial charge in [0, 0.05) is 29.8 Å². The van der Waals surface area contributed by atoms with Gasteiger partial charge < -0.3 is 4.90 Å². The van der Waals surface area contributed by atoms with E-state index >= 15 is 0 Å². The molecule has 0 aromatic heterocycles. The Morgan fingerprint density at radius 3 is 2.88 bits per heavy atom. The van der Waals surface area contributed by atoms with Crippen LogP contribution in [0.3, 0.4) is 0 Å². The van der Waals surface area contributed by atoms with Crippen molar-refractivity contribution in [1.29, 1.82) is 0 Å². The summed E-state index contributed by atoms with van der Waals surface area (Å²) < 4.78 is 0. The topological polar surface area (TPSA) is 3.24 Å². The summed E-state index contributed by atoms with van der Waals surface area (Å²) in [4.78, 5) is 3.32. The van der Waals surface area contributed by atoms with Gasteiger partial charge in [0.15, 0.2) is 0 Å².